The van der Waals surface area contributed by atoms with Crippen LogP contribution in [0.4, 0.5) is 0 Å². The molecule has 6 heteroatoms. The van der Waals surface area contributed by atoms with Gasteiger partial charge in [0.1, 0.15) is 11.2 Å². The Kier molecular flexibility index (Phi) is 3.56. The summed E-state index contributed by atoms with van der Waals surface area (Å²) < 4.78 is 31.8. The van der Waals surface area contributed by atoms with Crippen LogP contribution in [0.5, 0.6) is 5.75 Å². The average molecular weight is 229 g/mol. The molecule has 0 aliphatic heterocycles. The van der Waals surface area contributed by atoms with E-state index in [1.165, 1.54) is 19.2 Å². The second-order valence-electron chi connectivity index (χ2n) is 2.61. The van der Waals surface area contributed by atoms with E-state index < -0.39 is 10.1 Å². The maximum absolute atomic E-state index is 11.3. The van der Waals surface area contributed by atoms with Crippen molar-refractivity contribution in [3.63, 3.8) is 0 Å². The molecule has 0 heterocycles. The summed E-state index contributed by atoms with van der Waals surface area (Å²) in [5.41, 5.74) is 5.19. The molecule has 0 saturated carbocycles. The first-order valence-electron chi connectivity index (χ1n) is 4.04. The van der Waals surface area contributed by atoms with Crippen LogP contribution >= 0.6 is 0 Å². The number of hydrogen-bond acceptors (Lipinski definition) is 5. The van der Waals surface area contributed by atoms with Crippen LogP contribution in [0, 0.1) is 0 Å². The van der Waals surface area contributed by atoms with Crippen molar-refractivity contribution >= 4 is 10.1 Å². The topological polar surface area (TPSA) is 78.6 Å². The Bertz CT molecular complexity index is 438. The van der Waals surface area contributed by atoms with Crippen LogP contribution in [0.2, 0.25) is 0 Å². The van der Waals surface area contributed by atoms with Gasteiger partial charge >= 0.3 is 10.1 Å². The van der Waals surface area contributed by atoms with Crippen molar-refractivity contribution in [1.82, 2.24) is 0 Å². The summed E-state index contributed by atoms with van der Waals surface area (Å²) in [7, 11) is -2.59. The van der Waals surface area contributed by atoms with Crippen molar-refractivity contribution in [2.75, 3.05) is 7.11 Å². The average Bonchev–Trinajstić information content (AvgIpc) is 2.17. The third-order valence-electron chi connectivity index (χ3n) is 1.45. The fraction of sp³-hybridized carbons (Fsp3) is 0.111. The number of benzene rings is 1. The maximum Gasteiger partial charge on any atom is 0.337 e. The molecule has 0 radical (unpaired) electrons. The molecule has 5 nitrogen and oxygen atoms in total. The van der Waals surface area contributed by atoms with Gasteiger partial charge in [0.05, 0.1) is 7.11 Å². The maximum atomic E-state index is 11.3. The lowest BCUT2D eigenvalue weighted by molar-refractivity contribution is 0.288. The van der Waals surface area contributed by atoms with Gasteiger partial charge in [-0.2, -0.15) is 8.42 Å². The van der Waals surface area contributed by atoms with E-state index in [4.69, 9.17) is 9.92 Å². The van der Waals surface area contributed by atoms with Crippen LogP contribution in [0.25, 0.3) is 0 Å². The van der Waals surface area contributed by atoms with Gasteiger partial charge in [-0.05, 0) is 12.1 Å². The van der Waals surface area contributed by atoms with E-state index in [-0.39, 0.29) is 11.6 Å². The zero-order valence-electron chi connectivity index (χ0n) is 8.08. The number of ether oxygens (including phenoxy) is 1. The Balaban J connectivity index is 2.83. The summed E-state index contributed by atoms with van der Waals surface area (Å²) in [6, 6.07) is 8.12. The summed E-state index contributed by atoms with van der Waals surface area (Å²) in [5, 5.41) is 0.708. The smallest absolute Gasteiger partial charge is 0.337 e. The molecule has 0 amide bonds. The molecular weight excluding hydrogens is 218 g/mol. The molecule has 1 aromatic rings. The predicted molar refractivity (Wildman–Crippen MR) is 55.3 cm³/mol. The van der Waals surface area contributed by atoms with Crippen molar-refractivity contribution < 1.29 is 17.3 Å². The van der Waals surface area contributed by atoms with E-state index in [1.807, 2.05) is 0 Å². The van der Waals surface area contributed by atoms with Crippen LogP contribution in [-0.4, -0.2) is 15.5 Å². The van der Waals surface area contributed by atoms with Gasteiger partial charge in [0.2, 0.25) is 0 Å². The van der Waals surface area contributed by atoms with Crippen LogP contribution in [0.1, 0.15) is 0 Å². The molecule has 82 valence electrons. The monoisotopic (exact) mass is 229 g/mol. The van der Waals surface area contributed by atoms with Crippen LogP contribution < -0.4 is 9.92 Å². The fourth-order valence-corrected chi connectivity index (χ4v) is 1.63. The van der Waals surface area contributed by atoms with Gasteiger partial charge in [-0.25, -0.2) is 0 Å². The third-order valence-corrected chi connectivity index (χ3v) is 2.40. The van der Waals surface area contributed by atoms with Gasteiger partial charge in [0.25, 0.3) is 0 Å². The van der Waals surface area contributed by atoms with Gasteiger partial charge in [-0.15, -0.1) is 0 Å². The summed E-state index contributed by atoms with van der Waals surface area (Å²) in [5.74, 6) is -0.0106. The highest BCUT2D eigenvalue weighted by Crippen LogP contribution is 2.12. The predicted octanol–water partition coefficient (Wildman–Crippen LogP) is 0.799. The third kappa shape index (κ3) is 3.90. The standard InChI is InChI=1S/C9H11NO4S/c1-13-9(10)7-15(11,12)14-8-5-3-2-4-6-8/h2-7H,10H2,1H3. The van der Waals surface area contributed by atoms with Crippen LogP contribution in [0.3, 0.4) is 0 Å². The second kappa shape index (κ2) is 4.70. The second-order valence-corrected chi connectivity index (χ2v) is 4.00. The van der Waals surface area contributed by atoms with E-state index in [0.29, 0.717) is 5.41 Å². The van der Waals surface area contributed by atoms with Crippen molar-refractivity contribution in [2.24, 2.45) is 5.73 Å². The van der Waals surface area contributed by atoms with E-state index in [0.717, 1.165) is 0 Å². The van der Waals surface area contributed by atoms with Crippen molar-refractivity contribution in [3.05, 3.63) is 41.6 Å². The number of rotatable bonds is 4. The Hall–Kier alpha value is -1.69. The zero-order valence-corrected chi connectivity index (χ0v) is 8.90. The van der Waals surface area contributed by atoms with Gasteiger partial charge in [-0.3, -0.25) is 0 Å². The lowest BCUT2D eigenvalue weighted by Gasteiger charge is -2.03. The number of para-hydroxylation sites is 1. The number of nitrogens with two attached hydrogens (primary N) is 1. The first kappa shape index (κ1) is 11.4. The Morgan fingerprint density at radius 1 is 1.33 bits per heavy atom. The molecule has 0 unspecified atom stereocenters. The molecule has 0 saturated heterocycles. The first-order chi connectivity index (χ1) is 7.03. The largest absolute Gasteiger partial charge is 0.482 e. The Morgan fingerprint density at radius 2 is 1.93 bits per heavy atom. The molecule has 0 bridgehead atoms. The molecule has 0 atom stereocenters. The van der Waals surface area contributed by atoms with E-state index in [9.17, 15) is 8.42 Å². The molecule has 0 fully saturated rings. The van der Waals surface area contributed by atoms with Gasteiger partial charge in [-0.1, -0.05) is 18.2 Å². The fourth-order valence-electron chi connectivity index (χ4n) is 0.825. The minimum absolute atomic E-state index is 0.220. The van der Waals surface area contributed by atoms with Crippen LogP contribution in [0.15, 0.2) is 41.6 Å². The number of hydrogen-bond donors (Lipinski definition) is 1. The minimum atomic E-state index is -3.86. The van der Waals surface area contributed by atoms with Crippen LogP contribution in [-0.2, 0) is 14.9 Å². The van der Waals surface area contributed by atoms with Crippen molar-refractivity contribution in [2.45, 2.75) is 0 Å². The number of methoxy groups -OCH3 is 1. The molecular formula is C9H11NO4S. The van der Waals surface area contributed by atoms with Gasteiger partial charge in [0.15, 0.2) is 5.88 Å². The van der Waals surface area contributed by atoms with Crippen molar-refractivity contribution in [3.8, 4) is 5.75 Å². The molecule has 0 aromatic heterocycles. The highest BCUT2D eigenvalue weighted by molar-refractivity contribution is 7.90. The summed E-state index contributed by atoms with van der Waals surface area (Å²) in [4.78, 5) is 0. The normalized spacial score (nSPS) is 12.2. The van der Waals surface area contributed by atoms with E-state index >= 15 is 0 Å². The molecule has 0 spiro atoms. The quantitative estimate of drug-likeness (QED) is 0.610. The molecule has 0 aliphatic carbocycles. The van der Waals surface area contributed by atoms with Gasteiger partial charge in [0, 0.05) is 0 Å². The summed E-state index contributed by atoms with van der Waals surface area (Å²) >= 11 is 0. The minimum Gasteiger partial charge on any atom is -0.482 e. The zero-order chi connectivity index (χ0) is 11.3. The molecule has 2 N–H and O–H groups in total. The van der Waals surface area contributed by atoms with Gasteiger partial charge < -0.3 is 14.7 Å². The summed E-state index contributed by atoms with van der Waals surface area (Å²) in [6.45, 7) is 0. The molecule has 0 aliphatic rings. The SMILES string of the molecule is COC(N)=CS(=O)(=O)Oc1ccccc1. The lowest BCUT2D eigenvalue weighted by atomic mass is 10.3. The lowest BCUT2D eigenvalue weighted by Crippen LogP contribution is -2.10. The molecule has 1 aromatic carbocycles. The Labute approximate surface area is 88.2 Å². The Morgan fingerprint density at radius 3 is 2.47 bits per heavy atom. The van der Waals surface area contributed by atoms with E-state index in [1.54, 1.807) is 18.2 Å². The highest BCUT2D eigenvalue weighted by Gasteiger charge is 2.10. The van der Waals surface area contributed by atoms with E-state index in [2.05, 4.69) is 4.74 Å². The molecule has 15 heavy (non-hydrogen) atoms. The summed E-state index contributed by atoms with van der Waals surface area (Å²) in [6.07, 6.45) is 0. The highest BCUT2D eigenvalue weighted by atomic mass is 32.2. The first-order valence-corrected chi connectivity index (χ1v) is 5.51. The van der Waals surface area contributed by atoms with Crippen molar-refractivity contribution in [1.29, 1.82) is 0 Å². The molecule has 1 rings (SSSR count).